The van der Waals surface area contributed by atoms with Gasteiger partial charge >= 0.3 is 0 Å². The first-order valence-electron chi connectivity index (χ1n) is 34.4. The number of carbonyl (C=O) groups is 3. The van der Waals surface area contributed by atoms with Gasteiger partial charge in [-0.25, -0.2) is 15.2 Å². The highest BCUT2D eigenvalue weighted by molar-refractivity contribution is 5.77. The molecule has 6 atom stereocenters. The molecule has 3 fully saturated rings. The fourth-order valence-electron chi connectivity index (χ4n) is 13.3. The lowest BCUT2D eigenvalue weighted by Gasteiger charge is -2.37. The molecule has 82 heavy (non-hydrogen) atoms. The van der Waals surface area contributed by atoms with Gasteiger partial charge in [-0.2, -0.15) is 0 Å². The van der Waals surface area contributed by atoms with Crippen LogP contribution in [0, 0.1) is 0 Å². The summed E-state index contributed by atoms with van der Waals surface area (Å²) in [5, 5.41) is 34.1. The SMILES string of the molecule is CCCCCCCCCCCCCC[C@@H]1[C@H](c2ccccc2)CCC(=O)N1O.CCCCCCCCCCCCCC[C@H]1[C@H](c2ccccc2)CCC(=O)N1O.CCCCCCCCCCCC[C@@H]1[C@H](c2ccccc2)CCC(=O)N1O. The summed E-state index contributed by atoms with van der Waals surface area (Å²) in [4.78, 5) is 35.9. The summed E-state index contributed by atoms with van der Waals surface area (Å²) in [6, 6.07) is 30.9. The standard InChI is InChI=1S/2C25H41NO2.C23H37NO2/c2*1-2-3-4-5-6-7-8-9-10-11-12-16-19-24-23(20-21-25(27)26(24)28)22-17-14-13-15-18-22;1-2-3-4-5-6-7-8-9-10-14-17-22-21(18-19-23(25)24(22)26)20-15-12-11-13-16-20/h2*13-15,17-18,23-24,28H,2-12,16,19-21H2,1H3;11-13,15-16,21-22,26H,2-10,14,17-19H2,1H3/t23-,24+;23-,24-;21-,22+/m000/s1. The second-order valence-corrected chi connectivity index (χ2v) is 24.9. The molecule has 3 aliphatic heterocycles. The topological polar surface area (TPSA) is 122 Å². The van der Waals surface area contributed by atoms with Gasteiger partial charge in [0.2, 0.25) is 17.7 Å². The fraction of sp³-hybridized carbons (Fsp3) is 0.712. The third kappa shape index (κ3) is 28.2. The molecular formula is C73H119N3O6. The maximum Gasteiger partial charge on any atom is 0.246 e. The fourth-order valence-corrected chi connectivity index (χ4v) is 13.3. The number of benzene rings is 3. The molecule has 0 bridgehead atoms. The highest BCUT2D eigenvalue weighted by Gasteiger charge is 2.38. The molecule has 3 saturated heterocycles. The lowest BCUT2D eigenvalue weighted by Crippen LogP contribution is -2.45. The molecule has 0 aromatic heterocycles. The van der Waals surface area contributed by atoms with Gasteiger partial charge in [0.15, 0.2) is 0 Å². The number of carbonyl (C=O) groups excluding carboxylic acids is 3. The van der Waals surface area contributed by atoms with Crippen molar-refractivity contribution in [1.29, 1.82) is 0 Å². The lowest BCUT2D eigenvalue weighted by molar-refractivity contribution is -0.185. The summed E-state index contributed by atoms with van der Waals surface area (Å²) in [5.74, 6) is 0.437. The smallest absolute Gasteiger partial charge is 0.246 e. The van der Waals surface area contributed by atoms with Crippen molar-refractivity contribution in [3.8, 4) is 0 Å². The summed E-state index contributed by atoms with van der Waals surface area (Å²) in [6.45, 7) is 6.80. The number of hydroxylamine groups is 6. The Kier molecular flexibility index (Phi) is 38.9. The van der Waals surface area contributed by atoms with Crippen molar-refractivity contribution in [2.24, 2.45) is 0 Å². The molecule has 3 aromatic carbocycles. The van der Waals surface area contributed by atoms with E-state index in [4.69, 9.17) is 0 Å². The summed E-state index contributed by atoms with van der Waals surface area (Å²) in [7, 11) is 0. The van der Waals surface area contributed by atoms with E-state index in [1.165, 1.54) is 216 Å². The van der Waals surface area contributed by atoms with E-state index < -0.39 is 0 Å². The third-order valence-corrected chi connectivity index (χ3v) is 18.4. The zero-order valence-electron chi connectivity index (χ0n) is 52.4. The lowest BCUT2D eigenvalue weighted by atomic mass is 9.82. The third-order valence-electron chi connectivity index (χ3n) is 18.4. The van der Waals surface area contributed by atoms with Gasteiger partial charge in [-0.15, -0.1) is 0 Å². The van der Waals surface area contributed by atoms with E-state index in [0.29, 0.717) is 19.3 Å². The van der Waals surface area contributed by atoms with Gasteiger partial charge in [-0.05, 0) is 55.2 Å². The predicted octanol–water partition coefficient (Wildman–Crippen LogP) is 20.9. The second kappa shape index (κ2) is 45.3. The van der Waals surface area contributed by atoms with Crippen LogP contribution < -0.4 is 0 Å². The van der Waals surface area contributed by atoms with Crippen LogP contribution >= 0.6 is 0 Å². The van der Waals surface area contributed by atoms with Crippen LogP contribution in [0.1, 0.15) is 331 Å². The minimum absolute atomic E-state index is 0.0623. The van der Waals surface area contributed by atoms with Crippen LogP contribution in [0.15, 0.2) is 91.0 Å². The van der Waals surface area contributed by atoms with Crippen molar-refractivity contribution in [1.82, 2.24) is 15.2 Å². The zero-order valence-corrected chi connectivity index (χ0v) is 52.4. The predicted molar refractivity (Wildman–Crippen MR) is 340 cm³/mol. The van der Waals surface area contributed by atoms with Crippen LogP contribution in [0.5, 0.6) is 0 Å². The number of unbranched alkanes of at least 4 members (excludes halogenated alkanes) is 31. The van der Waals surface area contributed by atoms with Crippen LogP contribution in [0.3, 0.4) is 0 Å². The number of piperidine rings is 3. The van der Waals surface area contributed by atoms with Crippen molar-refractivity contribution in [3.63, 3.8) is 0 Å². The maximum atomic E-state index is 12.0. The van der Waals surface area contributed by atoms with E-state index in [1.54, 1.807) is 0 Å². The molecule has 0 aliphatic carbocycles. The highest BCUT2D eigenvalue weighted by atomic mass is 16.5. The van der Waals surface area contributed by atoms with E-state index in [1.807, 2.05) is 54.6 Å². The Bertz CT molecular complexity index is 1920. The molecule has 0 unspecified atom stereocenters. The van der Waals surface area contributed by atoms with Crippen LogP contribution in [-0.2, 0) is 14.4 Å². The Hall–Kier alpha value is -4.05. The molecule has 9 nitrogen and oxygen atoms in total. The Morgan fingerprint density at radius 1 is 0.293 bits per heavy atom. The van der Waals surface area contributed by atoms with Gasteiger partial charge in [0.25, 0.3) is 0 Å². The molecule has 9 heteroatoms. The first kappa shape index (κ1) is 70.4. The molecule has 0 spiro atoms. The Morgan fingerprint density at radius 2 is 0.476 bits per heavy atom. The van der Waals surface area contributed by atoms with Crippen molar-refractivity contribution in [2.45, 2.75) is 333 Å². The zero-order chi connectivity index (χ0) is 58.7. The van der Waals surface area contributed by atoms with Gasteiger partial charge in [0.05, 0.1) is 18.1 Å². The summed E-state index contributed by atoms with van der Waals surface area (Å²) in [5.41, 5.74) is 3.74. The molecule has 0 saturated carbocycles. The van der Waals surface area contributed by atoms with Crippen molar-refractivity contribution >= 4 is 17.7 Å². The van der Waals surface area contributed by atoms with E-state index in [2.05, 4.69) is 57.2 Å². The molecule has 6 rings (SSSR count). The maximum absolute atomic E-state index is 12.0. The summed E-state index contributed by atoms with van der Waals surface area (Å²) in [6.07, 6.45) is 51.6. The minimum atomic E-state index is -0.116. The number of rotatable bonds is 40. The molecule has 3 amide bonds. The van der Waals surface area contributed by atoms with Gasteiger partial charge < -0.3 is 0 Å². The molecule has 3 heterocycles. The molecule has 3 N–H and O–H groups in total. The summed E-state index contributed by atoms with van der Waals surface area (Å²) >= 11 is 0. The van der Waals surface area contributed by atoms with E-state index in [-0.39, 0.29) is 53.6 Å². The van der Waals surface area contributed by atoms with Gasteiger partial charge in [0, 0.05) is 37.0 Å². The first-order valence-corrected chi connectivity index (χ1v) is 34.4. The van der Waals surface area contributed by atoms with Crippen LogP contribution in [-0.4, -0.2) is 66.7 Å². The highest BCUT2D eigenvalue weighted by Crippen LogP contribution is 2.38. The molecule has 3 aliphatic rings. The Balaban J connectivity index is 0.000000265. The van der Waals surface area contributed by atoms with Crippen LogP contribution in [0.2, 0.25) is 0 Å². The van der Waals surface area contributed by atoms with Crippen LogP contribution in [0.4, 0.5) is 0 Å². The molecular weight excluding hydrogens is 1010 g/mol. The molecule has 3 aromatic rings. The van der Waals surface area contributed by atoms with Crippen molar-refractivity contribution in [3.05, 3.63) is 108 Å². The molecule has 0 radical (unpaired) electrons. The Morgan fingerprint density at radius 3 is 0.671 bits per heavy atom. The normalized spacial score (nSPS) is 20.1. The van der Waals surface area contributed by atoms with Crippen molar-refractivity contribution in [2.75, 3.05) is 0 Å². The first-order chi connectivity index (χ1) is 40.2. The average molecular weight is 1130 g/mol. The second-order valence-electron chi connectivity index (χ2n) is 24.9. The number of hydrogen-bond donors (Lipinski definition) is 3. The average Bonchev–Trinajstić information content (AvgIpc) is 3.71. The van der Waals surface area contributed by atoms with E-state index >= 15 is 0 Å². The number of hydrogen-bond acceptors (Lipinski definition) is 6. The number of nitrogens with zero attached hydrogens (tertiary/aromatic N) is 3. The molecule has 462 valence electrons. The Labute approximate surface area is 501 Å². The van der Waals surface area contributed by atoms with Crippen LogP contribution in [0.25, 0.3) is 0 Å². The van der Waals surface area contributed by atoms with Crippen molar-refractivity contribution < 1.29 is 30.0 Å². The van der Waals surface area contributed by atoms with Gasteiger partial charge in [0.1, 0.15) is 0 Å². The number of amides is 3. The van der Waals surface area contributed by atoms with E-state index in [9.17, 15) is 30.0 Å². The largest absolute Gasteiger partial charge is 0.286 e. The van der Waals surface area contributed by atoms with E-state index in [0.717, 1.165) is 73.0 Å². The summed E-state index contributed by atoms with van der Waals surface area (Å²) < 4.78 is 0. The van der Waals surface area contributed by atoms with Gasteiger partial charge in [-0.3, -0.25) is 30.0 Å². The monoisotopic (exact) mass is 1130 g/mol. The quantitative estimate of drug-likeness (QED) is 0.0385. The minimum Gasteiger partial charge on any atom is -0.286 e. The van der Waals surface area contributed by atoms with Gasteiger partial charge in [-0.1, -0.05) is 330 Å².